The zero-order valence-electron chi connectivity index (χ0n) is 15.6. The molecule has 1 aliphatic rings. The fraction of sp³-hybridized carbons (Fsp3) is 0.300. The van der Waals surface area contributed by atoms with Gasteiger partial charge in [-0.15, -0.1) is 0 Å². The number of hydrogen-bond donors (Lipinski definition) is 1. The van der Waals surface area contributed by atoms with Crippen LogP contribution in [0.2, 0.25) is 0 Å². The van der Waals surface area contributed by atoms with Crippen molar-refractivity contribution in [3.63, 3.8) is 0 Å². The van der Waals surface area contributed by atoms with Gasteiger partial charge in [0.15, 0.2) is 0 Å². The van der Waals surface area contributed by atoms with Gasteiger partial charge in [0, 0.05) is 43.4 Å². The Kier molecular flexibility index (Phi) is 5.58. The average Bonchev–Trinajstić information content (AvgIpc) is 2.73. The largest absolute Gasteiger partial charge is 0.366 e. The van der Waals surface area contributed by atoms with Crippen LogP contribution in [0.25, 0.3) is 0 Å². The number of amides is 2. The van der Waals surface area contributed by atoms with E-state index in [-0.39, 0.29) is 22.4 Å². The van der Waals surface area contributed by atoms with Gasteiger partial charge >= 0.3 is 0 Å². The lowest BCUT2D eigenvalue weighted by atomic mass is 9.94. The van der Waals surface area contributed by atoms with Crippen molar-refractivity contribution in [2.24, 2.45) is 11.7 Å². The van der Waals surface area contributed by atoms with Gasteiger partial charge in [0.1, 0.15) is 5.69 Å². The molecular formula is C20H22N4O4. The van der Waals surface area contributed by atoms with Crippen LogP contribution in [-0.4, -0.2) is 36.9 Å². The third-order valence-corrected chi connectivity index (χ3v) is 5.13. The molecule has 8 nitrogen and oxygen atoms in total. The molecular weight excluding hydrogens is 360 g/mol. The first kappa shape index (κ1) is 19.3. The number of nitrogens with two attached hydrogens (primary N) is 1. The van der Waals surface area contributed by atoms with Gasteiger partial charge < -0.3 is 15.5 Å². The minimum Gasteiger partial charge on any atom is -0.366 e. The van der Waals surface area contributed by atoms with Gasteiger partial charge in [0.2, 0.25) is 11.8 Å². The molecule has 0 aromatic heterocycles. The van der Waals surface area contributed by atoms with Gasteiger partial charge in [0.05, 0.1) is 4.92 Å². The lowest BCUT2D eigenvalue weighted by molar-refractivity contribution is -0.384. The van der Waals surface area contributed by atoms with Gasteiger partial charge in [0.25, 0.3) is 5.69 Å². The van der Waals surface area contributed by atoms with Crippen molar-refractivity contribution in [2.45, 2.75) is 12.8 Å². The van der Waals surface area contributed by atoms with E-state index in [4.69, 9.17) is 5.73 Å². The summed E-state index contributed by atoms with van der Waals surface area (Å²) in [5.74, 6) is -0.670. The normalized spacial score (nSPS) is 14.5. The number of primary amides is 1. The van der Waals surface area contributed by atoms with Crippen LogP contribution in [0.1, 0.15) is 23.2 Å². The van der Waals surface area contributed by atoms with E-state index in [9.17, 15) is 19.7 Å². The lowest BCUT2D eigenvalue weighted by Crippen LogP contribution is -2.41. The van der Waals surface area contributed by atoms with Gasteiger partial charge in [-0.1, -0.05) is 12.1 Å². The highest BCUT2D eigenvalue weighted by atomic mass is 16.6. The second-order valence-corrected chi connectivity index (χ2v) is 6.82. The molecule has 2 aromatic carbocycles. The topological polar surface area (TPSA) is 110 Å². The quantitative estimate of drug-likeness (QED) is 0.631. The van der Waals surface area contributed by atoms with E-state index in [1.165, 1.54) is 6.07 Å². The molecule has 1 saturated heterocycles. The van der Waals surface area contributed by atoms with Crippen LogP contribution in [0.3, 0.4) is 0 Å². The maximum Gasteiger partial charge on any atom is 0.292 e. The highest BCUT2D eigenvalue weighted by molar-refractivity contribution is 5.96. The summed E-state index contributed by atoms with van der Waals surface area (Å²) in [6.07, 6.45) is 1.24. The van der Waals surface area contributed by atoms with Crippen molar-refractivity contribution in [3.8, 4) is 0 Å². The summed E-state index contributed by atoms with van der Waals surface area (Å²) in [5.41, 5.74) is 7.00. The zero-order valence-corrected chi connectivity index (χ0v) is 15.6. The summed E-state index contributed by atoms with van der Waals surface area (Å²) in [5, 5.41) is 11.2. The van der Waals surface area contributed by atoms with Crippen molar-refractivity contribution in [1.29, 1.82) is 0 Å². The third-order valence-electron chi connectivity index (χ3n) is 5.13. The van der Waals surface area contributed by atoms with Gasteiger partial charge in [-0.2, -0.15) is 0 Å². The molecule has 2 amide bonds. The van der Waals surface area contributed by atoms with Crippen molar-refractivity contribution < 1.29 is 14.5 Å². The lowest BCUT2D eigenvalue weighted by Gasteiger charge is -2.34. The molecule has 0 unspecified atom stereocenters. The minimum atomic E-state index is -0.511. The second-order valence-electron chi connectivity index (χ2n) is 6.82. The maximum absolute atomic E-state index is 12.8. The van der Waals surface area contributed by atoms with E-state index >= 15 is 0 Å². The first-order valence-electron chi connectivity index (χ1n) is 9.04. The first-order valence-corrected chi connectivity index (χ1v) is 9.04. The fourth-order valence-electron chi connectivity index (χ4n) is 3.50. The van der Waals surface area contributed by atoms with Crippen LogP contribution in [0.15, 0.2) is 48.5 Å². The number of nitrogens with zero attached hydrogens (tertiary/aromatic N) is 3. The summed E-state index contributed by atoms with van der Waals surface area (Å²) in [7, 11) is 1.70. The Balaban J connectivity index is 1.65. The first-order chi connectivity index (χ1) is 13.4. The predicted molar refractivity (Wildman–Crippen MR) is 106 cm³/mol. The number of para-hydroxylation sites is 2. The van der Waals surface area contributed by atoms with Gasteiger partial charge in [-0.05, 0) is 43.2 Å². The number of hydrogen-bond acceptors (Lipinski definition) is 5. The minimum absolute atomic E-state index is 0.00552. The van der Waals surface area contributed by atoms with Gasteiger partial charge in [-0.3, -0.25) is 19.7 Å². The van der Waals surface area contributed by atoms with Crippen molar-refractivity contribution in [3.05, 3.63) is 64.2 Å². The van der Waals surface area contributed by atoms with E-state index in [1.807, 2.05) is 4.90 Å². The number of piperidine rings is 1. The van der Waals surface area contributed by atoms with Crippen molar-refractivity contribution in [1.82, 2.24) is 0 Å². The monoisotopic (exact) mass is 382 g/mol. The summed E-state index contributed by atoms with van der Waals surface area (Å²) >= 11 is 0. The number of carbonyl (C=O) groups excluding carboxylic acids is 2. The third kappa shape index (κ3) is 3.95. The summed E-state index contributed by atoms with van der Waals surface area (Å²) in [4.78, 5) is 38.4. The maximum atomic E-state index is 12.8. The molecule has 1 fully saturated rings. The number of nitro benzene ring substituents is 1. The highest BCUT2D eigenvalue weighted by Crippen LogP contribution is 2.32. The van der Waals surface area contributed by atoms with E-state index in [1.54, 1.807) is 54.4 Å². The Bertz CT molecular complexity index is 889. The molecule has 28 heavy (non-hydrogen) atoms. The molecule has 146 valence electrons. The zero-order chi connectivity index (χ0) is 20.3. The molecule has 8 heteroatoms. The van der Waals surface area contributed by atoms with E-state index in [0.29, 0.717) is 42.9 Å². The smallest absolute Gasteiger partial charge is 0.292 e. The molecule has 0 atom stereocenters. The molecule has 0 spiro atoms. The van der Waals surface area contributed by atoms with E-state index in [0.717, 1.165) is 0 Å². The predicted octanol–water partition coefficient (Wildman–Crippen LogP) is 2.57. The molecule has 0 bridgehead atoms. The number of rotatable bonds is 5. The molecule has 1 aliphatic heterocycles. The van der Waals surface area contributed by atoms with Crippen LogP contribution >= 0.6 is 0 Å². The van der Waals surface area contributed by atoms with Crippen molar-refractivity contribution in [2.75, 3.05) is 29.9 Å². The Morgan fingerprint density at radius 2 is 1.71 bits per heavy atom. The second kappa shape index (κ2) is 8.08. The summed E-state index contributed by atoms with van der Waals surface area (Å²) in [6.45, 7) is 1.16. The van der Waals surface area contributed by atoms with Crippen molar-refractivity contribution >= 4 is 28.9 Å². The Labute approximate surface area is 162 Å². The molecule has 0 aliphatic carbocycles. The molecule has 1 heterocycles. The van der Waals surface area contributed by atoms with Crippen LogP contribution in [0.5, 0.6) is 0 Å². The number of anilines is 2. The highest BCUT2D eigenvalue weighted by Gasteiger charge is 2.30. The molecule has 2 N–H and O–H groups in total. The van der Waals surface area contributed by atoms with Crippen LogP contribution in [0.4, 0.5) is 17.1 Å². The average molecular weight is 382 g/mol. The summed E-state index contributed by atoms with van der Waals surface area (Å²) in [6, 6.07) is 13.3. The Morgan fingerprint density at radius 3 is 2.29 bits per heavy atom. The van der Waals surface area contributed by atoms with Crippen LogP contribution < -0.4 is 15.5 Å². The van der Waals surface area contributed by atoms with E-state index in [2.05, 4.69) is 0 Å². The van der Waals surface area contributed by atoms with Crippen LogP contribution in [0, 0.1) is 16.0 Å². The number of carbonyl (C=O) groups is 2. The summed E-state index contributed by atoms with van der Waals surface area (Å²) < 4.78 is 0. The molecule has 3 rings (SSSR count). The molecule has 0 radical (unpaired) electrons. The van der Waals surface area contributed by atoms with Gasteiger partial charge in [-0.25, -0.2) is 0 Å². The standard InChI is InChI=1S/C20H22N4O4/c1-22(16-8-6-14(7-9-16)19(21)25)20(26)15-10-12-23(13-11-15)17-4-2-3-5-18(17)24(27)28/h2-9,15H,10-13H2,1H3,(H2,21,25). The van der Waals surface area contributed by atoms with Crippen LogP contribution in [-0.2, 0) is 4.79 Å². The molecule has 0 saturated carbocycles. The number of benzene rings is 2. The van der Waals surface area contributed by atoms with E-state index < -0.39 is 5.91 Å². The Morgan fingerprint density at radius 1 is 1.11 bits per heavy atom. The SMILES string of the molecule is CN(C(=O)C1CCN(c2ccccc2[N+](=O)[O-])CC1)c1ccc(C(N)=O)cc1. The Hall–Kier alpha value is -3.42. The fourth-order valence-corrected chi connectivity index (χ4v) is 3.50. The molecule has 2 aromatic rings. The number of nitro groups is 1.